The van der Waals surface area contributed by atoms with Crippen LogP contribution < -0.4 is 25.4 Å². The van der Waals surface area contributed by atoms with Crippen molar-refractivity contribution in [1.82, 2.24) is 5.32 Å². The van der Waals surface area contributed by atoms with Crippen molar-refractivity contribution in [2.24, 2.45) is 0 Å². The zero-order valence-corrected chi connectivity index (χ0v) is 14.3. The number of ether oxygens (including phenoxy) is 2. The van der Waals surface area contributed by atoms with Crippen LogP contribution in [0.25, 0.3) is 0 Å². The van der Waals surface area contributed by atoms with E-state index >= 15 is 0 Å². The van der Waals surface area contributed by atoms with Gasteiger partial charge >= 0.3 is 6.03 Å². The summed E-state index contributed by atoms with van der Waals surface area (Å²) in [6, 6.07) is 12.8. The number of nitrogens with one attached hydrogen (secondary N) is 3. The molecule has 2 aromatic rings. The molecule has 0 bridgehead atoms. The second-order valence-electron chi connectivity index (χ2n) is 5.52. The van der Waals surface area contributed by atoms with Gasteiger partial charge in [-0.05, 0) is 50.2 Å². The Hall–Kier alpha value is -2.89. The molecule has 2 amide bonds. The van der Waals surface area contributed by atoms with Gasteiger partial charge in [-0.25, -0.2) is 4.79 Å². The highest BCUT2D eigenvalue weighted by molar-refractivity contribution is 5.89. The van der Waals surface area contributed by atoms with E-state index in [1.807, 2.05) is 56.3 Å². The molecule has 0 atom stereocenters. The first kappa shape index (κ1) is 17.5. The number of anilines is 3. The van der Waals surface area contributed by atoms with E-state index in [1.165, 1.54) is 0 Å². The lowest BCUT2D eigenvalue weighted by atomic mass is 10.2. The zero-order valence-electron chi connectivity index (χ0n) is 14.3. The van der Waals surface area contributed by atoms with Gasteiger partial charge in [0.2, 0.25) is 0 Å². The molecule has 0 heterocycles. The summed E-state index contributed by atoms with van der Waals surface area (Å²) in [6.45, 7) is 3.82. The van der Waals surface area contributed by atoms with E-state index in [-0.39, 0.29) is 12.1 Å². The van der Waals surface area contributed by atoms with E-state index in [4.69, 9.17) is 9.47 Å². The molecule has 0 fully saturated rings. The van der Waals surface area contributed by atoms with E-state index in [0.717, 1.165) is 22.8 Å². The first-order chi connectivity index (χ1) is 11.5. The molecule has 0 aromatic heterocycles. The number of methoxy groups -OCH3 is 2. The van der Waals surface area contributed by atoms with Gasteiger partial charge in [0.1, 0.15) is 11.5 Å². The van der Waals surface area contributed by atoms with E-state index in [1.54, 1.807) is 14.2 Å². The van der Waals surface area contributed by atoms with Crippen molar-refractivity contribution in [2.45, 2.75) is 19.9 Å². The Bertz CT molecular complexity index is 684. The molecule has 0 saturated carbocycles. The second kappa shape index (κ2) is 8.10. The largest absolute Gasteiger partial charge is 0.497 e. The Morgan fingerprint density at radius 2 is 1.62 bits per heavy atom. The molecule has 0 aliphatic carbocycles. The average molecular weight is 329 g/mol. The summed E-state index contributed by atoms with van der Waals surface area (Å²) in [6.07, 6.45) is 0. The lowest BCUT2D eigenvalue weighted by Crippen LogP contribution is -2.34. The van der Waals surface area contributed by atoms with Gasteiger partial charge < -0.3 is 25.4 Å². The Morgan fingerprint density at radius 3 is 2.21 bits per heavy atom. The third-order valence-corrected chi connectivity index (χ3v) is 3.25. The van der Waals surface area contributed by atoms with E-state index < -0.39 is 0 Å². The van der Waals surface area contributed by atoms with Crippen LogP contribution in [0.15, 0.2) is 42.5 Å². The fraction of sp³-hybridized carbons (Fsp3) is 0.278. The monoisotopic (exact) mass is 329 g/mol. The SMILES string of the molecule is COc1ccc(OC)c(Nc2ccc(NC(=O)NC(C)C)cc2)c1. The number of hydrogen-bond acceptors (Lipinski definition) is 4. The molecule has 6 heteroatoms. The van der Waals surface area contributed by atoms with E-state index in [2.05, 4.69) is 16.0 Å². The molecule has 0 spiro atoms. The molecule has 0 saturated heterocycles. The fourth-order valence-corrected chi connectivity index (χ4v) is 2.13. The predicted molar refractivity (Wildman–Crippen MR) is 96.6 cm³/mol. The van der Waals surface area contributed by atoms with Gasteiger partial charge in [-0.2, -0.15) is 0 Å². The smallest absolute Gasteiger partial charge is 0.319 e. The molecular weight excluding hydrogens is 306 g/mol. The number of carbonyl (C=O) groups is 1. The van der Waals surface area contributed by atoms with Crippen molar-refractivity contribution in [3.63, 3.8) is 0 Å². The van der Waals surface area contributed by atoms with Crippen LogP contribution >= 0.6 is 0 Å². The van der Waals surface area contributed by atoms with E-state index in [9.17, 15) is 4.79 Å². The Labute approximate surface area is 142 Å². The lowest BCUT2D eigenvalue weighted by molar-refractivity contribution is 0.250. The quantitative estimate of drug-likeness (QED) is 0.750. The summed E-state index contributed by atoms with van der Waals surface area (Å²) in [5, 5.41) is 8.84. The minimum Gasteiger partial charge on any atom is -0.497 e. The molecule has 2 aromatic carbocycles. The summed E-state index contributed by atoms with van der Waals surface area (Å²) >= 11 is 0. The summed E-state index contributed by atoms with van der Waals surface area (Å²) in [5.41, 5.74) is 2.39. The Morgan fingerprint density at radius 1 is 0.958 bits per heavy atom. The molecule has 0 unspecified atom stereocenters. The number of amides is 2. The van der Waals surface area contributed by atoms with Gasteiger partial charge in [0.15, 0.2) is 0 Å². The van der Waals surface area contributed by atoms with Crippen molar-refractivity contribution >= 4 is 23.1 Å². The number of benzene rings is 2. The van der Waals surface area contributed by atoms with Crippen LogP contribution in [0.5, 0.6) is 11.5 Å². The van der Waals surface area contributed by atoms with Gasteiger partial charge in [-0.1, -0.05) is 0 Å². The number of hydrogen-bond donors (Lipinski definition) is 3. The van der Waals surface area contributed by atoms with Crippen LogP contribution in [0, 0.1) is 0 Å². The van der Waals surface area contributed by atoms with Crippen molar-refractivity contribution < 1.29 is 14.3 Å². The Kier molecular flexibility index (Phi) is 5.89. The van der Waals surface area contributed by atoms with Crippen LogP contribution in [-0.2, 0) is 0 Å². The highest BCUT2D eigenvalue weighted by Gasteiger charge is 2.06. The van der Waals surface area contributed by atoms with Crippen molar-refractivity contribution in [3.05, 3.63) is 42.5 Å². The minimum atomic E-state index is -0.222. The molecule has 0 aliphatic heterocycles. The third-order valence-electron chi connectivity index (χ3n) is 3.25. The van der Waals surface area contributed by atoms with Gasteiger partial charge in [-0.15, -0.1) is 0 Å². The van der Waals surface area contributed by atoms with Crippen LogP contribution in [0.1, 0.15) is 13.8 Å². The topological polar surface area (TPSA) is 71.6 Å². The number of carbonyl (C=O) groups excluding carboxylic acids is 1. The fourth-order valence-electron chi connectivity index (χ4n) is 2.13. The normalized spacial score (nSPS) is 10.2. The summed E-state index contributed by atoms with van der Waals surface area (Å²) in [7, 11) is 3.24. The first-order valence-electron chi connectivity index (χ1n) is 7.68. The molecule has 6 nitrogen and oxygen atoms in total. The first-order valence-corrected chi connectivity index (χ1v) is 7.68. The molecular formula is C18H23N3O3. The Balaban J connectivity index is 2.07. The van der Waals surface area contributed by atoms with Gasteiger partial charge in [0, 0.05) is 23.5 Å². The average Bonchev–Trinajstić information content (AvgIpc) is 2.55. The second-order valence-corrected chi connectivity index (χ2v) is 5.52. The predicted octanol–water partition coefficient (Wildman–Crippen LogP) is 3.98. The maximum Gasteiger partial charge on any atom is 0.319 e. The van der Waals surface area contributed by atoms with E-state index in [0.29, 0.717) is 5.75 Å². The molecule has 0 radical (unpaired) electrons. The molecule has 0 aliphatic rings. The van der Waals surface area contributed by atoms with Crippen LogP contribution in [0.2, 0.25) is 0 Å². The highest BCUT2D eigenvalue weighted by Crippen LogP contribution is 2.31. The highest BCUT2D eigenvalue weighted by atomic mass is 16.5. The molecule has 2 rings (SSSR count). The number of urea groups is 1. The minimum absolute atomic E-state index is 0.0893. The zero-order chi connectivity index (χ0) is 17.5. The third kappa shape index (κ3) is 4.81. The summed E-state index contributed by atoms with van der Waals surface area (Å²) < 4.78 is 10.6. The van der Waals surface area contributed by atoms with Crippen LogP contribution in [-0.4, -0.2) is 26.3 Å². The standard InChI is InChI=1S/C18H23N3O3/c1-12(2)19-18(22)21-14-7-5-13(6-8-14)20-16-11-15(23-3)9-10-17(16)24-4/h5-12,20H,1-4H3,(H2,19,21,22). The molecule has 24 heavy (non-hydrogen) atoms. The van der Waals surface area contributed by atoms with Crippen molar-refractivity contribution in [2.75, 3.05) is 24.9 Å². The van der Waals surface area contributed by atoms with Crippen molar-refractivity contribution in [3.8, 4) is 11.5 Å². The van der Waals surface area contributed by atoms with Crippen LogP contribution in [0.4, 0.5) is 21.9 Å². The molecule has 128 valence electrons. The summed E-state index contributed by atoms with van der Waals surface area (Å²) in [4.78, 5) is 11.7. The van der Waals surface area contributed by atoms with Crippen molar-refractivity contribution in [1.29, 1.82) is 0 Å². The number of rotatable bonds is 6. The lowest BCUT2D eigenvalue weighted by Gasteiger charge is -2.14. The van der Waals surface area contributed by atoms with Gasteiger partial charge in [0.05, 0.1) is 19.9 Å². The summed E-state index contributed by atoms with van der Waals surface area (Å²) in [5.74, 6) is 1.45. The molecule has 3 N–H and O–H groups in total. The maximum absolute atomic E-state index is 11.7. The van der Waals surface area contributed by atoms with Gasteiger partial charge in [-0.3, -0.25) is 0 Å². The van der Waals surface area contributed by atoms with Crippen LogP contribution in [0.3, 0.4) is 0 Å². The van der Waals surface area contributed by atoms with Gasteiger partial charge in [0.25, 0.3) is 0 Å². The maximum atomic E-state index is 11.7.